The van der Waals surface area contributed by atoms with E-state index in [1.165, 1.54) is 49.5 Å². The van der Waals surface area contributed by atoms with Crippen LogP contribution in [-0.2, 0) is 32.1 Å². The number of rotatable bonds is 8. The molecule has 1 saturated carbocycles. The molecule has 1 saturated heterocycles. The van der Waals surface area contributed by atoms with Crippen molar-refractivity contribution in [3.63, 3.8) is 0 Å². The van der Waals surface area contributed by atoms with Crippen LogP contribution in [-0.4, -0.2) is 45.9 Å². The third kappa shape index (κ3) is 6.21. The first kappa shape index (κ1) is 34.0. The number of nitrogens with zero attached hydrogens (tertiary/aromatic N) is 1. The molecule has 8 nitrogen and oxygen atoms in total. The molecule has 1 aromatic heterocycles. The van der Waals surface area contributed by atoms with Crippen LogP contribution in [0.5, 0.6) is 0 Å². The third-order valence-electron chi connectivity index (χ3n) is 9.34. The van der Waals surface area contributed by atoms with Crippen LogP contribution in [0, 0.1) is 5.82 Å². The Labute approximate surface area is 276 Å². The van der Waals surface area contributed by atoms with Crippen molar-refractivity contribution in [3.8, 4) is 11.3 Å². The summed E-state index contributed by atoms with van der Waals surface area (Å²) in [7, 11) is -3.87. The number of carbonyl (C=O) groups excluding carboxylic acids is 1. The number of sulfonamides is 1. The molecule has 2 fully saturated rings. The molecule has 2 heterocycles. The van der Waals surface area contributed by atoms with Gasteiger partial charge in [0, 0.05) is 24.1 Å². The summed E-state index contributed by atoms with van der Waals surface area (Å²) >= 11 is 0. The summed E-state index contributed by atoms with van der Waals surface area (Å²) in [6, 6.07) is 12.3. The van der Waals surface area contributed by atoms with Crippen molar-refractivity contribution in [2.45, 2.75) is 70.4 Å². The minimum atomic E-state index is -4.79. The lowest BCUT2D eigenvalue weighted by molar-refractivity contribution is -0.136. The normalized spacial score (nSPS) is 17.6. The van der Waals surface area contributed by atoms with Gasteiger partial charge in [-0.2, -0.15) is 13.2 Å². The molecule has 1 N–H and O–H groups in total. The summed E-state index contributed by atoms with van der Waals surface area (Å²) < 4.78 is 103. The second-order valence-corrected chi connectivity index (χ2v) is 15.3. The van der Waals surface area contributed by atoms with Crippen LogP contribution in [0.15, 0.2) is 59.0 Å². The van der Waals surface area contributed by atoms with Gasteiger partial charge in [-0.1, -0.05) is 12.1 Å². The Morgan fingerprint density at radius 1 is 1.00 bits per heavy atom. The van der Waals surface area contributed by atoms with E-state index in [1.54, 1.807) is 33.8 Å². The van der Waals surface area contributed by atoms with Crippen LogP contribution in [0.2, 0.25) is 0 Å². The predicted octanol–water partition coefficient (Wildman–Crippen LogP) is 6.76. The number of carbonyl (C=O) groups is 1. The van der Waals surface area contributed by atoms with Crippen molar-refractivity contribution in [2.75, 3.05) is 17.6 Å². The van der Waals surface area contributed by atoms with E-state index >= 15 is 0 Å². The Morgan fingerprint density at radius 3 is 2.17 bits per heavy atom. The van der Waals surface area contributed by atoms with E-state index < -0.39 is 58.4 Å². The standard InChI is InChI=1S/C34H35BF4N2O6S/c1-32(2)33(3,4)47-35(46-32)26-14-7-19(15-25(26)34(37,38)39)18-41(48(6,43)44)27-17-28-24(16-23(27)20-8-9-20)29(31(42)40-5)30(45-28)21-10-12-22(36)13-11-21/h7,10-17,20H,8-9,18H2,1-6H3,(H,40,42). The first-order valence-electron chi connectivity index (χ1n) is 15.4. The highest BCUT2D eigenvalue weighted by molar-refractivity contribution is 7.92. The van der Waals surface area contributed by atoms with Crippen molar-refractivity contribution in [1.82, 2.24) is 5.32 Å². The van der Waals surface area contributed by atoms with Gasteiger partial charge in [0.25, 0.3) is 5.91 Å². The van der Waals surface area contributed by atoms with E-state index in [9.17, 15) is 30.8 Å². The molecule has 0 atom stereocenters. The Balaban J connectivity index is 1.47. The summed E-state index contributed by atoms with van der Waals surface area (Å²) in [5, 5.41) is 3.03. The van der Waals surface area contributed by atoms with Gasteiger partial charge in [-0.05, 0) is 99.4 Å². The van der Waals surface area contributed by atoms with Crippen molar-refractivity contribution < 1.29 is 44.5 Å². The van der Waals surface area contributed by atoms with Crippen LogP contribution in [0.3, 0.4) is 0 Å². The molecule has 3 aromatic carbocycles. The van der Waals surface area contributed by atoms with Gasteiger partial charge in [-0.15, -0.1) is 0 Å². The van der Waals surface area contributed by atoms with E-state index in [-0.39, 0.29) is 39.5 Å². The molecule has 14 heteroatoms. The van der Waals surface area contributed by atoms with Crippen molar-refractivity contribution in [1.29, 1.82) is 0 Å². The van der Waals surface area contributed by atoms with Gasteiger partial charge < -0.3 is 19.0 Å². The van der Waals surface area contributed by atoms with Gasteiger partial charge in [0.15, 0.2) is 0 Å². The molecule has 4 aromatic rings. The molecule has 254 valence electrons. The van der Waals surface area contributed by atoms with E-state index in [1.807, 2.05) is 0 Å². The SMILES string of the molecule is CNC(=O)c1c(-c2ccc(F)cc2)oc2cc(N(Cc3ccc(B4OC(C)(C)C(C)(C)O4)c(C(F)(F)F)c3)S(C)(=O)=O)c(C3CC3)cc12. The zero-order valence-electron chi connectivity index (χ0n) is 27.3. The lowest BCUT2D eigenvalue weighted by atomic mass is 9.75. The number of hydrogen-bond acceptors (Lipinski definition) is 6. The smallest absolute Gasteiger partial charge is 0.455 e. The summed E-state index contributed by atoms with van der Waals surface area (Å²) in [6.07, 6.45) is -2.28. The summed E-state index contributed by atoms with van der Waals surface area (Å²) in [5.41, 5.74) is -1.17. The molecule has 1 aliphatic heterocycles. The second-order valence-electron chi connectivity index (χ2n) is 13.4. The van der Waals surface area contributed by atoms with Gasteiger partial charge in [0.1, 0.15) is 17.2 Å². The van der Waals surface area contributed by atoms with Crippen molar-refractivity contribution >= 4 is 45.2 Å². The maximum absolute atomic E-state index is 14.5. The van der Waals surface area contributed by atoms with Crippen molar-refractivity contribution in [3.05, 3.63) is 82.7 Å². The van der Waals surface area contributed by atoms with Gasteiger partial charge in [0.2, 0.25) is 10.0 Å². The Hall–Kier alpha value is -3.88. The first-order valence-corrected chi connectivity index (χ1v) is 17.3. The summed E-state index contributed by atoms with van der Waals surface area (Å²) in [4.78, 5) is 13.1. The lowest BCUT2D eigenvalue weighted by Crippen LogP contribution is -2.41. The number of furan rings is 1. The molecule has 1 aliphatic carbocycles. The number of hydrogen-bond donors (Lipinski definition) is 1. The van der Waals surface area contributed by atoms with E-state index in [0.717, 1.165) is 29.5 Å². The van der Waals surface area contributed by atoms with Crippen LogP contribution < -0.4 is 15.1 Å². The topological polar surface area (TPSA) is 98.1 Å². The molecule has 48 heavy (non-hydrogen) atoms. The number of amides is 1. The van der Waals surface area contributed by atoms with Crippen LogP contribution in [0.4, 0.5) is 23.2 Å². The number of fused-ring (bicyclic) bond motifs is 1. The van der Waals surface area contributed by atoms with E-state index in [2.05, 4.69) is 5.32 Å². The molecule has 1 amide bonds. The predicted molar refractivity (Wildman–Crippen MR) is 175 cm³/mol. The van der Waals surface area contributed by atoms with E-state index in [0.29, 0.717) is 16.5 Å². The Kier molecular flexibility index (Phi) is 8.24. The Bertz CT molecular complexity index is 2010. The maximum atomic E-state index is 14.5. The minimum Gasteiger partial charge on any atom is -0.455 e. The zero-order chi connectivity index (χ0) is 35.0. The van der Waals surface area contributed by atoms with Gasteiger partial charge in [-0.25, -0.2) is 12.8 Å². The third-order valence-corrected chi connectivity index (χ3v) is 10.5. The van der Waals surface area contributed by atoms with Gasteiger partial charge in [-0.3, -0.25) is 9.10 Å². The molecular formula is C34H35BF4N2O6S. The molecule has 0 unspecified atom stereocenters. The number of halogens is 4. The average Bonchev–Trinajstić information content (AvgIpc) is 3.73. The maximum Gasteiger partial charge on any atom is 0.495 e. The van der Waals surface area contributed by atoms with Crippen LogP contribution in [0.1, 0.15) is 73.5 Å². The van der Waals surface area contributed by atoms with Gasteiger partial charge in [0.05, 0.1) is 40.8 Å². The number of benzene rings is 3. The number of nitrogens with one attached hydrogen (secondary N) is 1. The fourth-order valence-corrected chi connectivity index (χ4v) is 6.81. The highest BCUT2D eigenvalue weighted by Gasteiger charge is 2.53. The summed E-state index contributed by atoms with van der Waals surface area (Å²) in [6.45, 7) is 6.56. The molecule has 0 bridgehead atoms. The van der Waals surface area contributed by atoms with Crippen molar-refractivity contribution in [2.24, 2.45) is 0 Å². The zero-order valence-corrected chi connectivity index (χ0v) is 28.1. The summed E-state index contributed by atoms with van der Waals surface area (Å²) in [5.74, 6) is -0.797. The number of anilines is 1. The fourth-order valence-electron chi connectivity index (χ4n) is 5.91. The van der Waals surface area contributed by atoms with E-state index in [4.69, 9.17) is 13.7 Å². The fraction of sp³-hybridized carbons (Fsp3) is 0.382. The monoisotopic (exact) mass is 686 g/mol. The first-order chi connectivity index (χ1) is 22.3. The highest BCUT2D eigenvalue weighted by Crippen LogP contribution is 2.48. The minimum absolute atomic E-state index is 0.0353. The molecular weight excluding hydrogens is 651 g/mol. The number of alkyl halides is 3. The largest absolute Gasteiger partial charge is 0.495 e. The van der Waals surface area contributed by atoms with Crippen LogP contribution >= 0.6 is 0 Å². The Morgan fingerprint density at radius 2 is 1.62 bits per heavy atom. The lowest BCUT2D eigenvalue weighted by Gasteiger charge is -2.32. The quantitative estimate of drug-likeness (QED) is 0.163. The second kappa shape index (κ2) is 11.6. The van der Waals surface area contributed by atoms with Crippen LogP contribution in [0.25, 0.3) is 22.3 Å². The molecule has 2 aliphatic rings. The molecule has 0 radical (unpaired) electrons. The molecule has 0 spiro atoms. The molecule has 6 rings (SSSR count). The van der Waals surface area contributed by atoms with Gasteiger partial charge >= 0.3 is 13.3 Å². The highest BCUT2D eigenvalue weighted by atomic mass is 32.2. The average molecular weight is 687 g/mol.